The Hall–Kier alpha value is -2.62. The fourth-order valence-electron chi connectivity index (χ4n) is 2.57. The van der Waals surface area contributed by atoms with Gasteiger partial charge in [0.15, 0.2) is 5.76 Å². The summed E-state index contributed by atoms with van der Waals surface area (Å²) in [4.78, 5) is 17.2. The van der Waals surface area contributed by atoms with Gasteiger partial charge in [-0.15, -0.1) is 0 Å². The molecular formula is C18H16N2O2. The van der Waals surface area contributed by atoms with E-state index in [4.69, 9.17) is 4.42 Å². The SMILES string of the molecule is Cc1ccc2nc(-c3ccco3)cc(C(=O)NC3CC3)c2c1. The van der Waals surface area contributed by atoms with Crippen LogP contribution in [-0.4, -0.2) is 16.9 Å². The smallest absolute Gasteiger partial charge is 0.252 e. The first-order chi connectivity index (χ1) is 10.7. The fourth-order valence-corrected chi connectivity index (χ4v) is 2.57. The van der Waals surface area contributed by atoms with E-state index in [1.807, 2.05) is 43.3 Å². The number of carbonyl (C=O) groups is 1. The minimum absolute atomic E-state index is 0.0340. The van der Waals surface area contributed by atoms with E-state index in [9.17, 15) is 4.79 Å². The first-order valence-corrected chi connectivity index (χ1v) is 7.47. The Bertz CT molecular complexity index is 849. The molecule has 1 fully saturated rings. The van der Waals surface area contributed by atoms with E-state index in [1.165, 1.54) is 0 Å². The summed E-state index contributed by atoms with van der Waals surface area (Å²) in [5, 5.41) is 3.94. The fraction of sp³-hybridized carbons (Fsp3) is 0.222. The Labute approximate surface area is 128 Å². The minimum atomic E-state index is -0.0340. The Balaban J connectivity index is 1.89. The number of nitrogens with zero attached hydrogens (tertiary/aromatic N) is 1. The van der Waals surface area contributed by atoms with Gasteiger partial charge >= 0.3 is 0 Å². The number of hydrogen-bond acceptors (Lipinski definition) is 3. The van der Waals surface area contributed by atoms with E-state index in [0.717, 1.165) is 29.3 Å². The van der Waals surface area contributed by atoms with Crippen LogP contribution in [0.1, 0.15) is 28.8 Å². The van der Waals surface area contributed by atoms with Crippen LogP contribution in [0.3, 0.4) is 0 Å². The van der Waals surface area contributed by atoms with E-state index in [1.54, 1.807) is 6.26 Å². The third-order valence-electron chi connectivity index (χ3n) is 3.90. The highest BCUT2D eigenvalue weighted by Gasteiger charge is 2.25. The number of pyridine rings is 1. The van der Waals surface area contributed by atoms with Crippen LogP contribution >= 0.6 is 0 Å². The van der Waals surface area contributed by atoms with Crippen molar-refractivity contribution >= 4 is 16.8 Å². The Morgan fingerprint density at radius 2 is 2.14 bits per heavy atom. The molecule has 4 rings (SSSR count). The van der Waals surface area contributed by atoms with Crippen molar-refractivity contribution in [3.63, 3.8) is 0 Å². The highest BCUT2D eigenvalue weighted by atomic mass is 16.3. The summed E-state index contributed by atoms with van der Waals surface area (Å²) in [6, 6.07) is 11.8. The van der Waals surface area contributed by atoms with Gasteiger partial charge < -0.3 is 9.73 Å². The van der Waals surface area contributed by atoms with Crippen LogP contribution in [0.4, 0.5) is 0 Å². The van der Waals surface area contributed by atoms with E-state index < -0.39 is 0 Å². The highest BCUT2D eigenvalue weighted by molar-refractivity contribution is 6.07. The Morgan fingerprint density at radius 3 is 2.86 bits per heavy atom. The second-order valence-electron chi connectivity index (χ2n) is 5.80. The van der Waals surface area contributed by atoms with Gasteiger partial charge in [0.1, 0.15) is 5.69 Å². The second kappa shape index (κ2) is 4.98. The number of rotatable bonds is 3. The number of carbonyl (C=O) groups excluding carboxylic acids is 1. The molecule has 0 radical (unpaired) electrons. The maximum absolute atomic E-state index is 12.6. The van der Waals surface area contributed by atoms with Crippen LogP contribution in [0.15, 0.2) is 47.1 Å². The highest BCUT2D eigenvalue weighted by Crippen LogP contribution is 2.27. The van der Waals surface area contributed by atoms with Crippen molar-refractivity contribution in [3.8, 4) is 11.5 Å². The molecule has 0 aliphatic heterocycles. The molecule has 0 bridgehead atoms. The number of nitrogens with one attached hydrogen (secondary N) is 1. The van der Waals surface area contributed by atoms with Crippen LogP contribution in [-0.2, 0) is 0 Å². The van der Waals surface area contributed by atoms with Crippen molar-refractivity contribution in [1.29, 1.82) is 0 Å². The van der Waals surface area contributed by atoms with Crippen molar-refractivity contribution in [2.24, 2.45) is 0 Å². The third kappa shape index (κ3) is 2.37. The molecule has 1 N–H and O–H groups in total. The predicted molar refractivity (Wildman–Crippen MR) is 84.7 cm³/mol. The number of aryl methyl sites for hydroxylation is 1. The van der Waals surface area contributed by atoms with E-state index in [0.29, 0.717) is 23.1 Å². The monoisotopic (exact) mass is 292 g/mol. The molecule has 110 valence electrons. The van der Waals surface area contributed by atoms with Gasteiger partial charge in [-0.05, 0) is 50.1 Å². The van der Waals surface area contributed by atoms with Gasteiger partial charge in [-0.25, -0.2) is 4.98 Å². The molecule has 1 saturated carbocycles. The van der Waals surface area contributed by atoms with Crippen LogP contribution in [0.25, 0.3) is 22.4 Å². The van der Waals surface area contributed by atoms with Gasteiger partial charge in [-0.3, -0.25) is 4.79 Å². The zero-order valence-corrected chi connectivity index (χ0v) is 12.3. The molecular weight excluding hydrogens is 276 g/mol. The summed E-state index contributed by atoms with van der Waals surface area (Å²) >= 11 is 0. The number of fused-ring (bicyclic) bond motifs is 1. The maximum Gasteiger partial charge on any atom is 0.252 e. The molecule has 4 nitrogen and oxygen atoms in total. The lowest BCUT2D eigenvalue weighted by Gasteiger charge is -2.10. The first-order valence-electron chi connectivity index (χ1n) is 7.47. The molecule has 1 aliphatic carbocycles. The average molecular weight is 292 g/mol. The summed E-state index contributed by atoms with van der Waals surface area (Å²) in [5.41, 5.74) is 3.26. The zero-order chi connectivity index (χ0) is 15.1. The molecule has 0 atom stereocenters. The number of amides is 1. The predicted octanol–water partition coefficient (Wildman–Crippen LogP) is 3.70. The van der Waals surface area contributed by atoms with E-state index in [-0.39, 0.29) is 5.91 Å². The summed E-state index contributed by atoms with van der Waals surface area (Å²) in [6.45, 7) is 2.02. The van der Waals surface area contributed by atoms with Gasteiger partial charge in [0.2, 0.25) is 0 Å². The molecule has 2 aromatic heterocycles. The lowest BCUT2D eigenvalue weighted by molar-refractivity contribution is 0.0952. The second-order valence-corrected chi connectivity index (χ2v) is 5.80. The largest absolute Gasteiger partial charge is 0.463 e. The van der Waals surface area contributed by atoms with Gasteiger partial charge in [0, 0.05) is 11.4 Å². The molecule has 1 aliphatic rings. The molecule has 1 amide bonds. The van der Waals surface area contributed by atoms with Crippen LogP contribution in [0, 0.1) is 6.92 Å². The van der Waals surface area contributed by atoms with Gasteiger partial charge in [0.05, 0.1) is 17.3 Å². The van der Waals surface area contributed by atoms with Crippen molar-refractivity contribution in [3.05, 3.63) is 53.8 Å². The summed E-state index contributed by atoms with van der Waals surface area (Å²) in [6.07, 6.45) is 3.75. The molecule has 22 heavy (non-hydrogen) atoms. The topological polar surface area (TPSA) is 55.1 Å². The van der Waals surface area contributed by atoms with Gasteiger partial charge in [-0.2, -0.15) is 0 Å². The average Bonchev–Trinajstić information content (AvgIpc) is 3.15. The lowest BCUT2D eigenvalue weighted by atomic mass is 10.0. The van der Waals surface area contributed by atoms with Gasteiger partial charge in [-0.1, -0.05) is 11.6 Å². The lowest BCUT2D eigenvalue weighted by Crippen LogP contribution is -2.25. The quantitative estimate of drug-likeness (QED) is 0.801. The molecule has 0 saturated heterocycles. The van der Waals surface area contributed by atoms with E-state index in [2.05, 4.69) is 10.3 Å². The normalized spacial score (nSPS) is 14.2. The molecule has 0 unspecified atom stereocenters. The number of aromatic nitrogens is 1. The Morgan fingerprint density at radius 1 is 1.27 bits per heavy atom. The molecule has 3 aromatic rings. The van der Waals surface area contributed by atoms with Crippen molar-refractivity contribution in [2.75, 3.05) is 0 Å². The summed E-state index contributed by atoms with van der Waals surface area (Å²) in [5.74, 6) is 0.635. The number of benzene rings is 1. The Kier molecular flexibility index (Phi) is 2.96. The third-order valence-corrected chi connectivity index (χ3v) is 3.90. The summed E-state index contributed by atoms with van der Waals surface area (Å²) in [7, 11) is 0. The first kappa shape index (κ1) is 13.1. The standard InChI is InChI=1S/C18H16N2O2/c1-11-4-7-15-13(9-11)14(18(21)19-12-5-6-12)10-16(20-15)17-3-2-8-22-17/h2-4,7-10,12H,5-6H2,1H3,(H,19,21). The molecule has 0 spiro atoms. The minimum Gasteiger partial charge on any atom is -0.463 e. The number of furan rings is 1. The maximum atomic E-state index is 12.6. The molecule has 4 heteroatoms. The van der Waals surface area contributed by atoms with Crippen LogP contribution in [0.2, 0.25) is 0 Å². The van der Waals surface area contributed by atoms with Crippen molar-refractivity contribution in [1.82, 2.24) is 10.3 Å². The molecule has 1 aromatic carbocycles. The number of hydrogen-bond donors (Lipinski definition) is 1. The zero-order valence-electron chi connectivity index (χ0n) is 12.3. The van der Waals surface area contributed by atoms with Crippen molar-refractivity contribution in [2.45, 2.75) is 25.8 Å². The molecule has 2 heterocycles. The summed E-state index contributed by atoms with van der Waals surface area (Å²) < 4.78 is 5.43. The van der Waals surface area contributed by atoms with E-state index >= 15 is 0 Å². The van der Waals surface area contributed by atoms with Crippen molar-refractivity contribution < 1.29 is 9.21 Å². The van der Waals surface area contributed by atoms with Crippen LogP contribution in [0.5, 0.6) is 0 Å². The van der Waals surface area contributed by atoms with Gasteiger partial charge in [0.25, 0.3) is 5.91 Å². The van der Waals surface area contributed by atoms with Crippen LogP contribution < -0.4 is 5.32 Å².